The fraction of sp³-hybridized carbons (Fsp3) is 0.593. The lowest BCUT2D eigenvalue weighted by Crippen LogP contribution is -2.52. The van der Waals surface area contributed by atoms with Crippen molar-refractivity contribution >= 4 is 23.3 Å². The maximum atomic E-state index is 13.9. The summed E-state index contributed by atoms with van der Waals surface area (Å²) in [6.45, 7) is 11.6. The van der Waals surface area contributed by atoms with E-state index in [1.54, 1.807) is 6.33 Å². The summed E-state index contributed by atoms with van der Waals surface area (Å²) in [6, 6.07) is 8.03. The minimum Gasteiger partial charge on any atom is -0.387 e. The van der Waals surface area contributed by atoms with E-state index in [9.17, 15) is 9.90 Å². The third kappa shape index (κ3) is 5.83. The Labute approximate surface area is 219 Å². The standard InChI is InChI=1S/C27H39ClN6O2/c1-18(2)34(10-9-29-4)16-22(20-5-7-21(28)8-6-20)27(36)33-13-11-32(12-14-33)26-24-19(3)15-23(35)25(24)30-17-31-26/h5-8,17-19,22-23,29,35H,9-16H2,1-4H3/t19-,22?,23-/m1/s1. The van der Waals surface area contributed by atoms with Crippen molar-refractivity contribution in [2.24, 2.45) is 0 Å². The molecule has 1 fully saturated rings. The van der Waals surface area contributed by atoms with E-state index in [0.717, 1.165) is 35.7 Å². The number of likely N-dealkylation sites (N-methyl/N-ethyl adjacent to an activating group) is 1. The van der Waals surface area contributed by atoms with Crippen molar-refractivity contribution < 1.29 is 9.90 Å². The van der Waals surface area contributed by atoms with Crippen molar-refractivity contribution in [3.05, 3.63) is 52.4 Å². The van der Waals surface area contributed by atoms with E-state index in [1.807, 2.05) is 36.2 Å². The van der Waals surface area contributed by atoms with Crippen LogP contribution < -0.4 is 10.2 Å². The molecule has 36 heavy (non-hydrogen) atoms. The van der Waals surface area contributed by atoms with Gasteiger partial charge in [-0.1, -0.05) is 30.7 Å². The second-order valence-electron chi connectivity index (χ2n) is 10.3. The second-order valence-corrected chi connectivity index (χ2v) is 10.7. The Hall–Kier alpha value is -2.26. The van der Waals surface area contributed by atoms with Gasteiger partial charge in [-0.25, -0.2) is 9.97 Å². The summed E-state index contributed by atoms with van der Waals surface area (Å²) in [7, 11) is 1.95. The molecule has 4 rings (SSSR count). The minimum absolute atomic E-state index is 0.156. The SMILES string of the molecule is CNCCN(CC(C(=O)N1CCN(c2ncnc3c2[C@H](C)C[C@H]3O)CC1)c1ccc(Cl)cc1)C(C)C. The molecule has 1 unspecified atom stereocenters. The van der Waals surface area contributed by atoms with E-state index in [-0.39, 0.29) is 17.7 Å². The van der Waals surface area contributed by atoms with E-state index in [2.05, 4.69) is 45.9 Å². The first kappa shape index (κ1) is 26.8. The van der Waals surface area contributed by atoms with Crippen molar-refractivity contribution in [2.75, 3.05) is 57.8 Å². The molecule has 1 aromatic carbocycles. The van der Waals surface area contributed by atoms with Crippen molar-refractivity contribution in [3.8, 4) is 0 Å². The number of piperazine rings is 1. The molecule has 0 radical (unpaired) electrons. The number of anilines is 1. The minimum atomic E-state index is -0.522. The normalized spacial score (nSPS) is 20.8. The highest BCUT2D eigenvalue weighted by molar-refractivity contribution is 6.30. The van der Waals surface area contributed by atoms with Crippen LogP contribution in [0.5, 0.6) is 0 Å². The number of amides is 1. The third-order valence-electron chi connectivity index (χ3n) is 7.54. The molecule has 1 saturated heterocycles. The lowest BCUT2D eigenvalue weighted by atomic mass is 9.95. The van der Waals surface area contributed by atoms with Crippen LogP contribution in [0.25, 0.3) is 0 Å². The van der Waals surface area contributed by atoms with E-state index < -0.39 is 6.10 Å². The molecule has 3 atom stereocenters. The van der Waals surface area contributed by atoms with Crippen LogP contribution in [0.1, 0.15) is 62.0 Å². The quantitative estimate of drug-likeness (QED) is 0.532. The summed E-state index contributed by atoms with van der Waals surface area (Å²) in [6.07, 6.45) is 1.71. The van der Waals surface area contributed by atoms with Gasteiger partial charge < -0.3 is 20.2 Å². The lowest BCUT2D eigenvalue weighted by Gasteiger charge is -2.39. The molecule has 2 aliphatic rings. The molecule has 0 saturated carbocycles. The molecular formula is C27H39ClN6O2. The van der Waals surface area contributed by atoms with Gasteiger partial charge in [0.15, 0.2) is 0 Å². The van der Waals surface area contributed by atoms with E-state index in [4.69, 9.17) is 11.6 Å². The summed E-state index contributed by atoms with van der Waals surface area (Å²) < 4.78 is 0. The summed E-state index contributed by atoms with van der Waals surface area (Å²) in [5.41, 5.74) is 2.81. The van der Waals surface area contributed by atoms with Gasteiger partial charge in [-0.3, -0.25) is 9.69 Å². The first-order valence-electron chi connectivity index (χ1n) is 13.0. The third-order valence-corrected chi connectivity index (χ3v) is 7.79. The molecular weight excluding hydrogens is 476 g/mol. The number of fused-ring (bicyclic) bond motifs is 1. The Morgan fingerprint density at radius 3 is 2.53 bits per heavy atom. The second kappa shape index (κ2) is 11.9. The zero-order valence-electron chi connectivity index (χ0n) is 21.8. The van der Waals surface area contributed by atoms with Crippen LogP contribution in [0.2, 0.25) is 5.02 Å². The molecule has 8 nitrogen and oxygen atoms in total. The van der Waals surface area contributed by atoms with E-state index >= 15 is 0 Å². The smallest absolute Gasteiger partial charge is 0.231 e. The van der Waals surface area contributed by atoms with E-state index in [0.29, 0.717) is 50.2 Å². The van der Waals surface area contributed by atoms with Crippen LogP contribution in [0, 0.1) is 0 Å². The van der Waals surface area contributed by atoms with Gasteiger partial charge in [-0.15, -0.1) is 0 Å². The van der Waals surface area contributed by atoms with Gasteiger partial charge in [0.2, 0.25) is 5.91 Å². The van der Waals surface area contributed by atoms with Gasteiger partial charge in [0, 0.05) is 62.4 Å². The van der Waals surface area contributed by atoms with Crippen LogP contribution in [0.15, 0.2) is 30.6 Å². The maximum Gasteiger partial charge on any atom is 0.231 e. The van der Waals surface area contributed by atoms with Crippen molar-refractivity contribution in [2.45, 2.75) is 51.2 Å². The number of hydrogen-bond donors (Lipinski definition) is 2. The van der Waals surface area contributed by atoms with Gasteiger partial charge in [0.25, 0.3) is 0 Å². The van der Waals surface area contributed by atoms with Crippen LogP contribution in [0.3, 0.4) is 0 Å². The highest BCUT2D eigenvalue weighted by Gasteiger charge is 2.35. The molecule has 0 bridgehead atoms. The van der Waals surface area contributed by atoms with Crippen molar-refractivity contribution in [3.63, 3.8) is 0 Å². The molecule has 0 spiro atoms. The van der Waals surface area contributed by atoms with Gasteiger partial charge >= 0.3 is 0 Å². The van der Waals surface area contributed by atoms with E-state index in [1.165, 1.54) is 0 Å². The number of aliphatic hydroxyl groups is 1. The number of halogens is 1. The van der Waals surface area contributed by atoms with Crippen LogP contribution in [-0.2, 0) is 4.79 Å². The summed E-state index contributed by atoms with van der Waals surface area (Å²) in [4.78, 5) is 29.4. The molecule has 1 amide bonds. The fourth-order valence-corrected chi connectivity index (χ4v) is 5.51. The first-order valence-corrected chi connectivity index (χ1v) is 13.4. The molecule has 1 aliphatic carbocycles. The number of aliphatic hydroxyl groups excluding tert-OH is 1. The Kier molecular flexibility index (Phi) is 8.83. The lowest BCUT2D eigenvalue weighted by molar-refractivity contribution is -0.133. The van der Waals surface area contributed by atoms with Gasteiger partial charge in [-0.05, 0) is 50.9 Å². The number of nitrogens with zero attached hydrogens (tertiary/aromatic N) is 5. The number of aromatic nitrogens is 2. The fourth-order valence-electron chi connectivity index (χ4n) is 5.38. The zero-order chi connectivity index (χ0) is 25.8. The number of carbonyl (C=O) groups excluding carboxylic acids is 1. The first-order chi connectivity index (χ1) is 17.3. The van der Waals surface area contributed by atoms with Gasteiger partial charge in [0.1, 0.15) is 12.1 Å². The Morgan fingerprint density at radius 2 is 1.89 bits per heavy atom. The van der Waals surface area contributed by atoms with Crippen LogP contribution in [0.4, 0.5) is 5.82 Å². The topological polar surface area (TPSA) is 84.8 Å². The Bertz CT molecular complexity index is 1030. The summed E-state index contributed by atoms with van der Waals surface area (Å²) >= 11 is 6.16. The molecule has 2 heterocycles. The number of nitrogens with one attached hydrogen (secondary N) is 1. The highest BCUT2D eigenvalue weighted by atomic mass is 35.5. The van der Waals surface area contributed by atoms with Crippen molar-refractivity contribution in [1.82, 2.24) is 25.1 Å². The van der Waals surface area contributed by atoms with Crippen LogP contribution >= 0.6 is 11.6 Å². The number of benzene rings is 1. The highest BCUT2D eigenvalue weighted by Crippen LogP contribution is 2.42. The molecule has 1 aliphatic heterocycles. The largest absolute Gasteiger partial charge is 0.387 e. The Balaban J connectivity index is 1.50. The van der Waals surface area contributed by atoms with Crippen LogP contribution in [-0.4, -0.2) is 89.7 Å². The predicted molar refractivity (Wildman–Crippen MR) is 144 cm³/mol. The van der Waals surface area contributed by atoms with Gasteiger partial charge in [0.05, 0.1) is 17.7 Å². The number of rotatable bonds is 9. The average Bonchev–Trinajstić information content (AvgIpc) is 3.18. The molecule has 2 aromatic rings. The molecule has 2 N–H and O–H groups in total. The zero-order valence-corrected chi connectivity index (χ0v) is 22.6. The average molecular weight is 515 g/mol. The number of carbonyl (C=O) groups is 1. The predicted octanol–water partition coefficient (Wildman–Crippen LogP) is 3.03. The molecule has 196 valence electrons. The maximum absolute atomic E-state index is 13.9. The molecule has 9 heteroatoms. The molecule has 1 aromatic heterocycles. The Morgan fingerprint density at radius 1 is 1.19 bits per heavy atom. The monoisotopic (exact) mass is 514 g/mol. The summed E-state index contributed by atoms with van der Waals surface area (Å²) in [5.74, 6) is 1.03. The van der Waals surface area contributed by atoms with Gasteiger partial charge in [-0.2, -0.15) is 0 Å². The van der Waals surface area contributed by atoms with Crippen molar-refractivity contribution in [1.29, 1.82) is 0 Å². The summed E-state index contributed by atoms with van der Waals surface area (Å²) in [5, 5.41) is 14.3. The number of hydrogen-bond acceptors (Lipinski definition) is 7.